The molecule has 0 radical (unpaired) electrons. The summed E-state index contributed by atoms with van der Waals surface area (Å²) in [6.07, 6.45) is 7.06. The van der Waals surface area contributed by atoms with Gasteiger partial charge in [0.25, 0.3) is 5.56 Å². The summed E-state index contributed by atoms with van der Waals surface area (Å²) in [6, 6.07) is 2.77. The zero-order chi connectivity index (χ0) is 22.1. The van der Waals surface area contributed by atoms with Crippen molar-refractivity contribution in [1.29, 1.82) is 0 Å². The van der Waals surface area contributed by atoms with E-state index in [0.29, 0.717) is 37.4 Å². The Balaban J connectivity index is 2.03. The maximum absolute atomic E-state index is 14.2. The average Bonchev–Trinajstić information content (AvgIpc) is 3.16. The van der Waals surface area contributed by atoms with Crippen LogP contribution in [0, 0.1) is 0 Å². The summed E-state index contributed by atoms with van der Waals surface area (Å²) >= 11 is 0. The molecule has 9 heteroatoms. The number of hydrogen-bond acceptors (Lipinski definition) is 6. The second-order valence-corrected chi connectivity index (χ2v) is 6.99. The highest BCUT2D eigenvalue weighted by Gasteiger charge is 2.18. The molecule has 1 N–H and O–H groups in total. The third-order valence-corrected chi connectivity index (χ3v) is 4.69. The smallest absolute Gasteiger partial charge is 0.266 e. The second-order valence-electron chi connectivity index (χ2n) is 6.99. The number of aryl methyl sites for hydroxylation is 1. The standard InChI is InChI=1S/C21H28FN5O3/c1-4-6-16(22)13-18(14-27-11-5-7-17(27)15-28)25(2)12-10-20(29)23-19-8-9-21(30)26(3)24-19/h6-9,13,15H,4-5,10-12,14H2,1-3H3,(H,23,24,29)/b16-6+,18-13+. The zero-order valence-electron chi connectivity index (χ0n) is 17.6. The van der Waals surface area contributed by atoms with Gasteiger partial charge in [-0.3, -0.25) is 14.4 Å². The number of nitrogens with one attached hydrogen (secondary N) is 1. The van der Waals surface area contributed by atoms with Crippen LogP contribution in [0.5, 0.6) is 0 Å². The number of amides is 1. The maximum Gasteiger partial charge on any atom is 0.266 e. The van der Waals surface area contributed by atoms with E-state index >= 15 is 0 Å². The summed E-state index contributed by atoms with van der Waals surface area (Å²) in [7, 11) is 3.28. The fourth-order valence-corrected chi connectivity index (χ4v) is 2.99. The molecule has 1 aliphatic heterocycles. The Morgan fingerprint density at radius 1 is 1.40 bits per heavy atom. The molecular formula is C21H28FN5O3. The molecule has 0 bridgehead atoms. The van der Waals surface area contributed by atoms with Gasteiger partial charge >= 0.3 is 0 Å². The summed E-state index contributed by atoms with van der Waals surface area (Å²) < 4.78 is 15.3. The Hall–Kier alpha value is -3.23. The molecule has 8 nitrogen and oxygen atoms in total. The first kappa shape index (κ1) is 23.1. The predicted molar refractivity (Wildman–Crippen MR) is 113 cm³/mol. The first-order chi connectivity index (χ1) is 14.3. The second kappa shape index (κ2) is 11.1. The first-order valence-electron chi connectivity index (χ1n) is 9.86. The van der Waals surface area contributed by atoms with E-state index in [9.17, 15) is 18.8 Å². The molecule has 0 saturated heterocycles. The molecule has 0 atom stereocenters. The molecule has 2 rings (SSSR count). The molecule has 0 spiro atoms. The van der Waals surface area contributed by atoms with E-state index in [1.54, 1.807) is 11.9 Å². The van der Waals surface area contributed by atoms with E-state index in [0.717, 1.165) is 17.4 Å². The number of hydrogen-bond donors (Lipinski definition) is 1. The van der Waals surface area contributed by atoms with Crippen LogP contribution in [0.25, 0.3) is 0 Å². The molecule has 2 heterocycles. The van der Waals surface area contributed by atoms with Gasteiger partial charge in [0.05, 0.1) is 12.2 Å². The summed E-state index contributed by atoms with van der Waals surface area (Å²) in [6.45, 7) is 3.26. The highest BCUT2D eigenvalue weighted by molar-refractivity contribution is 5.89. The van der Waals surface area contributed by atoms with Crippen molar-refractivity contribution in [3.8, 4) is 0 Å². The predicted octanol–water partition coefficient (Wildman–Crippen LogP) is 1.98. The van der Waals surface area contributed by atoms with Crippen molar-refractivity contribution >= 4 is 18.0 Å². The van der Waals surface area contributed by atoms with Crippen molar-refractivity contribution in [3.05, 3.63) is 57.9 Å². The van der Waals surface area contributed by atoms with Crippen LogP contribution < -0.4 is 10.9 Å². The number of aromatic nitrogens is 2. The lowest BCUT2D eigenvalue weighted by Crippen LogP contribution is -2.32. The largest absolute Gasteiger partial charge is 0.376 e. The van der Waals surface area contributed by atoms with Gasteiger partial charge in [-0.1, -0.05) is 13.0 Å². The highest BCUT2D eigenvalue weighted by atomic mass is 19.1. The number of carbonyl (C=O) groups excluding carboxylic acids is 2. The summed E-state index contributed by atoms with van der Waals surface area (Å²) in [5.41, 5.74) is 0.989. The highest BCUT2D eigenvalue weighted by Crippen LogP contribution is 2.18. The first-order valence-corrected chi connectivity index (χ1v) is 9.86. The maximum atomic E-state index is 14.2. The van der Waals surface area contributed by atoms with Crippen molar-refractivity contribution in [1.82, 2.24) is 19.6 Å². The van der Waals surface area contributed by atoms with Crippen LogP contribution in [-0.4, -0.2) is 58.5 Å². The van der Waals surface area contributed by atoms with Gasteiger partial charge in [-0.05, 0) is 31.1 Å². The van der Waals surface area contributed by atoms with Crippen LogP contribution in [0.1, 0.15) is 26.2 Å². The van der Waals surface area contributed by atoms with Crippen molar-refractivity contribution in [2.75, 3.05) is 32.0 Å². The Morgan fingerprint density at radius 2 is 2.17 bits per heavy atom. The van der Waals surface area contributed by atoms with Gasteiger partial charge in [-0.15, -0.1) is 0 Å². The lowest BCUT2D eigenvalue weighted by molar-refractivity contribution is -0.116. The van der Waals surface area contributed by atoms with Gasteiger partial charge in [0.1, 0.15) is 5.83 Å². The fraction of sp³-hybridized carbons (Fsp3) is 0.429. The molecule has 0 aromatic carbocycles. The van der Waals surface area contributed by atoms with E-state index in [1.807, 2.05) is 17.9 Å². The average molecular weight is 417 g/mol. The molecule has 0 fully saturated rings. The van der Waals surface area contributed by atoms with E-state index < -0.39 is 0 Å². The Kier molecular flexibility index (Phi) is 8.52. The number of nitrogens with zero attached hydrogens (tertiary/aromatic N) is 4. The van der Waals surface area contributed by atoms with Gasteiger partial charge in [0.15, 0.2) is 12.1 Å². The van der Waals surface area contributed by atoms with Gasteiger partial charge in [0.2, 0.25) is 5.91 Å². The molecule has 0 unspecified atom stereocenters. The lowest BCUT2D eigenvalue weighted by Gasteiger charge is -2.28. The molecular weight excluding hydrogens is 389 g/mol. The van der Waals surface area contributed by atoms with Crippen molar-refractivity contribution in [2.45, 2.75) is 26.2 Å². The van der Waals surface area contributed by atoms with Crippen LogP contribution in [-0.2, 0) is 16.6 Å². The minimum atomic E-state index is -0.353. The number of halogens is 1. The normalized spacial score (nSPS) is 14.5. The van der Waals surface area contributed by atoms with Gasteiger partial charge < -0.3 is 15.1 Å². The molecule has 30 heavy (non-hydrogen) atoms. The number of aldehydes is 1. The topological polar surface area (TPSA) is 87.5 Å². The van der Waals surface area contributed by atoms with Crippen LogP contribution in [0.2, 0.25) is 0 Å². The molecule has 1 aliphatic rings. The summed E-state index contributed by atoms with van der Waals surface area (Å²) in [5, 5.41) is 6.61. The van der Waals surface area contributed by atoms with Crippen molar-refractivity contribution in [3.63, 3.8) is 0 Å². The quantitative estimate of drug-likeness (QED) is 0.463. The van der Waals surface area contributed by atoms with Crippen LogP contribution in [0.4, 0.5) is 10.2 Å². The Morgan fingerprint density at radius 3 is 2.83 bits per heavy atom. The van der Waals surface area contributed by atoms with Gasteiger partial charge in [0, 0.05) is 45.4 Å². The molecule has 0 aliphatic carbocycles. The van der Waals surface area contributed by atoms with Crippen molar-refractivity contribution in [2.24, 2.45) is 7.05 Å². The molecule has 162 valence electrons. The van der Waals surface area contributed by atoms with Crippen molar-refractivity contribution < 1.29 is 14.0 Å². The third kappa shape index (κ3) is 6.68. The number of anilines is 1. The minimum absolute atomic E-state index is 0.147. The summed E-state index contributed by atoms with van der Waals surface area (Å²) in [4.78, 5) is 38.6. The van der Waals surface area contributed by atoms with E-state index in [1.165, 1.54) is 31.3 Å². The van der Waals surface area contributed by atoms with Gasteiger partial charge in [-0.25, -0.2) is 9.07 Å². The lowest BCUT2D eigenvalue weighted by atomic mass is 10.2. The van der Waals surface area contributed by atoms with Crippen LogP contribution >= 0.6 is 0 Å². The molecule has 1 aromatic rings. The third-order valence-electron chi connectivity index (χ3n) is 4.69. The van der Waals surface area contributed by atoms with E-state index in [-0.39, 0.29) is 29.5 Å². The molecule has 0 saturated carbocycles. The number of carbonyl (C=O) groups is 2. The number of rotatable bonds is 10. The zero-order valence-corrected chi connectivity index (χ0v) is 17.6. The van der Waals surface area contributed by atoms with Gasteiger partial charge in [-0.2, -0.15) is 5.10 Å². The van der Waals surface area contributed by atoms with E-state index in [4.69, 9.17) is 0 Å². The molecule has 1 aromatic heterocycles. The SMILES string of the molecule is CC/C=C(F)\C=C(/CN1CCC=C1C=O)N(C)CCC(=O)Nc1ccc(=O)n(C)n1. The minimum Gasteiger partial charge on any atom is -0.376 e. The van der Waals surface area contributed by atoms with E-state index in [2.05, 4.69) is 10.4 Å². The Bertz CT molecular complexity index is 919. The Labute approximate surface area is 175 Å². The monoisotopic (exact) mass is 417 g/mol. The number of allylic oxidation sites excluding steroid dienone is 4. The fourth-order valence-electron chi connectivity index (χ4n) is 2.99. The summed E-state index contributed by atoms with van der Waals surface area (Å²) in [5.74, 6) is -0.337. The van der Waals surface area contributed by atoms with Crippen LogP contribution in [0.15, 0.2) is 52.4 Å². The van der Waals surface area contributed by atoms with Crippen LogP contribution in [0.3, 0.4) is 0 Å². The molecule has 1 amide bonds. The number of likely N-dealkylation sites (N-methyl/N-ethyl adjacent to an activating group) is 1.